The van der Waals surface area contributed by atoms with Crippen LogP contribution in [0.2, 0.25) is 0 Å². The van der Waals surface area contributed by atoms with Crippen molar-refractivity contribution in [1.29, 1.82) is 0 Å². The van der Waals surface area contributed by atoms with Crippen LogP contribution in [0.15, 0.2) is 23.1 Å². The van der Waals surface area contributed by atoms with Gasteiger partial charge in [0.2, 0.25) is 10.0 Å². The lowest BCUT2D eigenvalue weighted by atomic mass is 10.1. The van der Waals surface area contributed by atoms with E-state index in [-0.39, 0.29) is 6.04 Å². The van der Waals surface area contributed by atoms with Gasteiger partial charge in [-0.1, -0.05) is 12.1 Å². The molecular weight excluding hydrogens is 224 g/mol. The first kappa shape index (κ1) is 13.2. The van der Waals surface area contributed by atoms with E-state index in [0.29, 0.717) is 11.4 Å². The van der Waals surface area contributed by atoms with E-state index < -0.39 is 10.0 Å². The number of hydrogen-bond donors (Lipinski definition) is 2. The Labute approximate surface area is 96.9 Å². The number of benzene rings is 1. The Kier molecular flexibility index (Phi) is 4.07. The minimum absolute atomic E-state index is 0.112. The van der Waals surface area contributed by atoms with Crippen molar-refractivity contribution in [3.05, 3.63) is 29.3 Å². The van der Waals surface area contributed by atoms with E-state index >= 15 is 0 Å². The lowest BCUT2D eigenvalue weighted by Crippen LogP contribution is -2.30. The first-order chi connectivity index (χ1) is 7.36. The number of nitrogens with one attached hydrogen (secondary N) is 1. The Morgan fingerprint density at radius 1 is 1.38 bits per heavy atom. The molecule has 5 heteroatoms. The molecule has 3 N–H and O–H groups in total. The van der Waals surface area contributed by atoms with Gasteiger partial charge in [0.1, 0.15) is 0 Å². The average Bonchev–Trinajstić information content (AvgIpc) is 2.14. The summed E-state index contributed by atoms with van der Waals surface area (Å²) in [4.78, 5) is 0.318. The van der Waals surface area contributed by atoms with Crippen molar-refractivity contribution in [3.8, 4) is 0 Å². The zero-order chi connectivity index (χ0) is 12.3. The third-order valence-electron chi connectivity index (χ3n) is 2.16. The fraction of sp³-hybridized carbons (Fsp3) is 0.455. The van der Waals surface area contributed by atoms with Gasteiger partial charge in [-0.2, -0.15) is 0 Å². The highest BCUT2D eigenvalue weighted by Gasteiger charge is 2.17. The van der Waals surface area contributed by atoms with E-state index in [0.717, 1.165) is 11.1 Å². The molecule has 1 rings (SSSR count). The molecule has 0 amide bonds. The molecule has 0 fully saturated rings. The van der Waals surface area contributed by atoms with Crippen molar-refractivity contribution in [2.24, 2.45) is 5.73 Å². The molecule has 0 aliphatic heterocycles. The standard InChI is InChI=1S/C11H18N2O2S/c1-8(2)13-16(14,15)11-5-4-10(7-12)6-9(11)3/h4-6,8,13H,7,12H2,1-3H3. The van der Waals surface area contributed by atoms with Crippen LogP contribution in [0.1, 0.15) is 25.0 Å². The SMILES string of the molecule is Cc1cc(CN)ccc1S(=O)(=O)NC(C)C. The van der Waals surface area contributed by atoms with Gasteiger partial charge in [-0.3, -0.25) is 0 Å². The summed E-state index contributed by atoms with van der Waals surface area (Å²) in [5.41, 5.74) is 7.14. The van der Waals surface area contributed by atoms with E-state index in [2.05, 4.69) is 4.72 Å². The van der Waals surface area contributed by atoms with E-state index in [4.69, 9.17) is 5.73 Å². The fourth-order valence-corrected chi connectivity index (χ4v) is 2.99. The van der Waals surface area contributed by atoms with Crippen LogP contribution in [-0.2, 0) is 16.6 Å². The summed E-state index contributed by atoms with van der Waals surface area (Å²) in [6.45, 7) is 5.77. The normalized spacial score (nSPS) is 12.1. The highest BCUT2D eigenvalue weighted by molar-refractivity contribution is 7.89. The molecule has 0 saturated carbocycles. The Balaban J connectivity index is 3.14. The summed E-state index contributed by atoms with van der Waals surface area (Å²) in [5.74, 6) is 0. The second kappa shape index (κ2) is 4.95. The van der Waals surface area contributed by atoms with Crippen LogP contribution in [0, 0.1) is 6.92 Å². The van der Waals surface area contributed by atoms with Crippen LogP contribution >= 0.6 is 0 Å². The third-order valence-corrected chi connectivity index (χ3v) is 3.97. The molecule has 0 aliphatic rings. The first-order valence-electron chi connectivity index (χ1n) is 5.18. The van der Waals surface area contributed by atoms with Crippen molar-refractivity contribution >= 4 is 10.0 Å². The highest BCUT2D eigenvalue weighted by atomic mass is 32.2. The predicted molar refractivity (Wildman–Crippen MR) is 64.5 cm³/mol. The highest BCUT2D eigenvalue weighted by Crippen LogP contribution is 2.16. The fourth-order valence-electron chi connectivity index (χ4n) is 1.51. The van der Waals surface area contributed by atoms with Gasteiger partial charge in [0, 0.05) is 12.6 Å². The molecule has 90 valence electrons. The molecule has 0 atom stereocenters. The van der Waals surface area contributed by atoms with Gasteiger partial charge in [-0.25, -0.2) is 13.1 Å². The molecule has 1 aromatic carbocycles. The third kappa shape index (κ3) is 3.04. The average molecular weight is 242 g/mol. The molecule has 0 spiro atoms. The second-order valence-corrected chi connectivity index (χ2v) is 5.76. The molecule has 4 nitrogen and oxygen atoms in total. The van der Waals surface area contributed by atoms with Gasteiger partial charge >= 0.3 is 0 Å². The molecule has 0 bridgehead atoms. The van der Waals surface area contributed by atoms with Gasteiger partial charge in [0.25, 0.3) is 0 Å². The predicted octanol–water partition coefficient (Wildman–Crippen LogP) is 1.14. The zero-order valence-electron chi connectivity index (χ0n) is 9.82. The maximum atomic E-state index is 11.9. The summed E-state index contributed by atoms with van der Waals surface area (Å²) < 4.78 is 26.4. The van der Waals surface area contributed by atoms with Crippen LogP contribution in [0.4, 0.5) is 0 Å². The van der Waals surface area contributed by atoms with Gasteiger partial charge in [0.05, 0.1) is 4.90 Å². The van der Waals surface area contributed by atoms with E-state index in [1.54, 1.807) is 39.0 Å². The summed E-state index contributed by atoms with van der Waals surface area (Å²) in [5, 5.41) is 0. The quantitative estimate of drug-likeness (QED) is 0.831. The smallest absolute Gasteiger partial charge is 0.241 e. The van der Waals surface area contributed by atoms with Gasteiger partial charge < -0.3 is 5.73 Å². The largest absolute Gasteiger partial charge is 0.326 e. The minimum Gasteiger partial charge on any atom is -0.326 e. The molecule has 0 radical (unpaired) electrons. The number of nitrogens with two attached hydrogens (primary N) is 1. The second-order valence-electron chi connectivity index (χ2n) is 4.08. The number of sulfonamides is 1. The molecular formula is C11H18N2O2S. The molecule has 0 heterocycles. The number of aryl methyl sites for hydroxylation is 1. The van der Waals surface area contributed by atoms with Crippen molar-refractivity contribution in [1.82, 2.24) is 4.72 Å². The lowest BCUT2D eigenvalue weighted by molar-refractivity contribution is 0.569. The van der Waals surface area contributed by atoms with Crippen LogP contribution in [0.5, 0.6) is 0 Å². The van der Waals surface area contributed by atoms with Crippen molar-refractivity contribution in [2.45, 2.75) is 38.3 Å². The van der Waals surface area contributed by atoms with Crippen molar-refractivity contribution in [3.63, 3.8) is 0 Å². The monoisotopic (exact) mass is 242 g/mol. The molecule has 0 aliphatic carbocycles. The Bertz CT molecular complexity index is 467. The van der Waals surface area contributed by atoms with Crippen molar-refractivity contribution < 1.29 is 8.42 Å². The maximum Gasteiger partial charge on any atom is 0.241 e. The maximum absolute atomic E-state index is 11.9. The van der Waals surface area contributed by atoms with Crippen LogP contribution in [0.3, 0.4) is 0 Å². The van der Waals surface area contributed by atoms with E-state index in [1.165, 1.54) is 0 Å². The molecule has 1 aromatic rings. The number of hydrogen-bond acceptors (Lipinski definition) is 3. The topological polar surface area (TPSA) is 72.2 Å². The Morgan fingerprint density at radius 3 is 2.44 bits per heavy atom. The summed E-state index contributed by atoms with van der Waals surface area (Å²) in [7, 11) is -3.41. The minimum atomic E-state index is -3.41. The summed E-state index contributed by atoms with van der Waals surface area (Å²) >= 11 is 0. The van der Waals surface area contributed by atoms with Crippen LogP contribution in [0.25, 0.3) is 0 Å². The Morgan fingerprint density at radius 2 is 2.00 bits per heavy atom. The van der Waals surface area contributed by atoms with Crippen molar-refractivity contribution in [2.75, 3.05) is 0 Å². The van der Waals surface area contributed by atoms with E-state index in [1.807, 2.05) is 0 Å². The van der Waals surface area contributed by atoms with Crippen LogP contribution in [-0.4, -0.2) is 14.5 Å². The van der Waals surface area contributed by atoms with Crippen LogP contribution < -0.4 is 10.5 Å². The van der Waals surface area contributed by atoms with E-state index in [9.17, 15) is 8.42 Å². The molecule has 0 aromatic heterocycles. The molecule has 16 heavy (non-hydrogen) atoms. The van der Waals surface area contributed by atoms with Gasteiger partial charge in [-0.15, -0.1) is 0 Å². The Hall–Kier alpha value is -0.910. The summed E-state index contributed by atoms with van der Waals surface area (Å²) in [6, 6.07) is 5.03. The molecule has 0 unspecified atom stereocenters. The first-order valence-corrected chi connectivity index (χ1v) is 6.67. The molecule has 0 saturated heterocycles. The van der Waals surface area contributed by atoms with Gasteiger partial charge in [-0.05, 0) is 38.0 Å². The lowest BCUT2D eigenvalue weighted by Gasteiger charge is -2.12. The zero-order valence-corrected chi connectivity index (χ0v) is 10.6. The summed E-state index contributed by atoms with van der Waals surface area (Å²) in [6.07, 6.45) is 0. The van der Waals surface area contributed by atoms with Gasteiger partial charge in [0.15, 0.2) is 0 Å². The number of rotatable bonds is 4.